The third-order valence-electron chi connectivity index (χ3n) is 2.08. The first-order valence-electron chi connectivity index (χ1n) is 5.76. The van der Waals surface area contributed by atoms with Crippen LogP contribution in [0.25, 0.3) is 0 Å². The Kier molecular flexibility index (Phi) is 5.38. The fourth-order valence-electron chi connectivity index (χ4n) is 1.79. The highest BCUT2D eigenvalue weighted by atomic mass is 28.3. The molecule has 0 radical (unpaired) electrons. The Balaban J connectivity index is 4.16. The van der Waals surface area contributed by atoms with Gasteiger partial charge in [0.1, 0.15) is 0 Å². The summed E-state index contributed by atoms with van der Waals surface area (Å²) < 4.78 is 5.93. The Bertz CT molecular complexity index is 137. The van der Waals surface area contributed by atoms with E-state index in [0.29, 0.717) is 10.8 Å². The molecular formula is C12H28OSi. The van der Waals surface area contributed by atoms with Crippen LogP contribution in [0.4, 0.5) is 0 Å². The largest absolute Gasteiger partial charge is 0.420 e. The minimum atomic E-state index is -0.984. The summed E-state index contributed by atoms with van der Waals surface area (Å²) >= 11 is 0. The molecule has 0 bridgehead atoms. The predicted octanol–water partition coefficient (Wildman–Crippen LogP) is 3.84. The SMILES string of the molecule is CCO[SiH](CC(C)(C)C)CC(C)(C)C. The molecule has 0 aliphatic heterocycles. The van der Waals surface area contributed by atoms with E-state index in [-0.39, 0.29) is 0 Å². The van der Waals surface area contributed by atoms with E-state index in [9.17, 15) is 0 Å². The van der Waals surface area contributed by atoms with Gasteiger partial charge >= 0.3 is 0 Å². The molecule has 0 heterocycles. The highest BCUT2D eigenvalue weighted by Crippen LogP contribution is 2.29. The van der Waals surface area contributed by atoms with Crippen molar-refractivity contribution < 1.29 is 4.43 Å². The molecule has 0 aromatic carbocycles. The fourth-order valence-corrected chi connectivity index (χ4v) is 5.38. The smallest absolute Gasteiger partial charge is 0.177 e. The molecule has 0 saturated heterocycles. The first kappa shape index (κ1) is 14.2. The normalized spacial score (nSPS) is 13.7. The van der Waals surface area contributed by atoms with Gasteiger partial charge in [0.15, 0.2) is 9.04 Å². The standard InChI is InChI=1S/C12H28OSi/c1-8-13-14(9-11(2,3)4)10-12(5,6)7/h14H,8-10H2,1-7H3. The summed E-state index contributed by atoms with van der Waals surface area (Å²) in [5.74, 6) is 0. The fraction of sp³-hybridized carbons (Fsp3) is 1.00. The molecule has 0 atom stereocenters. The van der Waals surface area contributed by atoms with Crippen LogP contribution < -0.4 is 0 Å². The van der Waals surface area contributed by atoms with E-state index in [4.69, 9.17) is 4.43 Å². The van der Waals surface area contributed by atoms with Gasteiger partial charge in [0, 0.05) is 6.61 Å². The molecule has 0 unspecified atom stereocenters. The molecule has 0 aliphatic rings. The van der Waals surface area contributed by atoms with Gasteiger partial charge in [-0.15, -0.1) is 0 Å². The maximum Gasteiger partial charge on any atom is 0.177 e. The second-order valence-electron chi connectivity index (χ2n) is 6.61. The van der Waals surface area contributed by atoms with Crippen molar-refractivity contribution in [1.29, 1.82) is 0 Å². The minimum Gasteiger partial charge on any atom is -0.420 e. The van der Waals surface area contributed by atoms with Gasteiger partial charge in [-0.2, -0.15) is 0 Å². The average molecular weight is 216 g/mol. The zero-order valence-electron chi connectivity index (χ0n) is 11.1. The highest BCUT2D eigenvalue weighted by Gasteiger charge is 2.25. The first-order valence-corrected chi connectivity index (χ1v) is 7.86. The van der Waals surface area contributed by atoms with Crippen molar-refractivity contribution in [2.45, 2.75) is 60.6 Å². The lowest BCUT2D eigenvalue weighted by atomic mass is 10.00. The van der Waals surface area contributed by atoms with Gasteiger partial charge in [-0.25, -0.2) is 0 Å². The van der Waals surface area contributed by atoms with Crippen molar-refractivity contribution in [3.8, 4) is 0 Å². The van der Waals surface area contributed by atoms with Crippen molar-refractivity contribution in [2.75, 3.05) is 6.61 Å². The summed E-state index contributed by atoms with van der Waals surface area (Å²) in [6, 6.07) is 2.58. The van der Waals surface area contributed by atoms with Gasteiger partial charge in [0.25, 0.3) is 0 Å². The van der Waals surface area contributed by atoms with Gasteiger partial charge in [-0.3, -0.25) is 0 Å². The molecule has 2 heteroatoms. The zero-order valence-corrected chi connectivity index (χ0v) is 12.3. The van der Waals surface area contributed by atoms with Gasteiger partial charge in [-0.1, -0.05) is 41.5 Å². The van der Waals surface area contributed by atoms with Gasteiger partial charge in [-0.05, 0) is 29.8 Å². The van der Waals surface area contributed by atoms with Crippen molar-refractivity contribution in [1.82, 2.24) is 0 Å². The predicted molar refractivity (Wildman–Crippen MR) is 67.3 cm³/mol. The number of hydrogen-bond acceptors (Lipinski definition) is 1. The van der Waals surface area contributed by atoms with E-state index in [1.807, 2.05) is 0 Å². The van der Waals surface area contributed by atoms with Crippen LogP contribution in [0.5, 0.6) is 0 Å². The Morgan fingerprint density at radius 3 is 1.43 bits per heavy atom. The molecule has 0 N–H and O–H groups in total. The minimum absolute atomic E-state index is 0.428. The molecule has 0 spiro atoms. The highest BCUT2D eigenvalue weighted by molar-refractivity contribution is 6.52. The molecule has 1 nitrogen and oxygen atoms in total. The van der Waals surface area contributed by atoms with Crippen LogP contribution in [0, 0.1) is 10.8 Å². The molecule has 0 fully saturated rings. The Hall–Kier alpha value is 0.177. The van der Waals surface area contributed by atoms with Crippen LogP contribution in [0.3, 0.4) is 0 Å². The Morgan fingerprint density at radius 2 is 1.21 bits per heavy atom. The topological polar surface area (TPSA) is 9.23 Å². The molecular weight excluding hydrogens is 188 g/mol. The summed E-state index contributed by atoms with van der Waals surface area (Å²) in [4.78, 5) is 0. The van der Waals surface area contributed by atoms with Crippen molar-refractivity contribution in [3.05, 3.63) is 0 Å². The van der Waals surface area contributed by atoms with E-state index in [2.05, 4.69) is 48.5 Å². The van der Waals surface area contributed by atoms with Gasteiger partial charge in [0.05, 0.1) is 0 Å². The second kappa shape index (κ2) is 5.31. The molecule has 0 aromatic heterocycles. The molecule has 0 saturated carbocycles. The van der Waals surface area contributed by atoms with Crippen molar-refractivity contribution in [2.24, 2.45) is 10.8 Å². The van der Waals surface area contributed by atoms with E-state index in [0.717, 1.165) is 6.61 Å². The summed E-state index contributed by atoms with van der Waals surface area (Å²) in [5.41, 5.74) is 0.856. The summed E-state index contributed by atoms with van der Waals surface area (Å²) in [6.07, 6.45) is 0. The molecule has 14 heavy (non-hydrogen) atoms. The van der Waals surface area contributed by atoms with E-state index >= 15 is 0 Å². The quantitative estimate of drug-likeness (QED) is 0.649. The van der Waals surface area contributed by atoms with Crippen LogP contribution in [-0.4, -0.2) is 15.6 Å². The van der Waals surface area contributed by atoms with E-state index < -0.39 is 9.04 Å². The van der Waals surface area contributed by atoms with Crippen LogP contribution >= 0.6 is 0 Å². The maximum absolute atomic E-state index is 5.93. The lowest BCUT2D eigenvalue weighted by molar-refractivity contribution is 0.306. The van der Waals surface area contributed by atoms with Crippen LogP contribution in [0.2, 0.25) is 12.1 Å². The summed E-state index contributed by atoms with van der Waals surface area (Å²) in [7, 11) is -0.984. The lowest BCUT2D eigenvalue weighted by Crippen LogP contribution is -2.29. The molecule has 0 aromatic rings. The van der Waals surface area contributed by atoms with Crippen LogP contribution in [-0.2, 0) is 4.43 Å². The summed E-state index contributed by atoms with van der Waals surface area (Å²) in [6.45, 7) is 16.9. The Labute approximate surface area is 92.0 Å². The lowest BCUT2D eigenvalue weighted by Gasteiger charge is -2.29. The van der Waals surface area contributed by atoms with E-state index in [1.165, 1.54) is 12.1 Å². The average Bonchev–Trinajstić information content (AvgIpc) is 1.78. The van der Waals surface area contributed by atoms with Crippen molar-refractivity contribution in [3.63, 3.8) is 0 Å². The number of hydrogen-bond donors (Lipinski definition) is 0. The maximum atomic E-state index is 5.93. The Morgan fingerprint density at radius 1 is 0.857 bits per heavy atom. The third kappa shape index (κ3) is 8.76. The molecule has 0 aliphatic carbocycles. The molecule has 0 amide bonds. The van der Waals surface area contributed by atoms with E-state index in [1.54, 1.807) is 0 Å². The first-order chi connectivity index (χ1) is 6.14. The summed E-state index contributed by atoms with van der Waals surface area (Å²) in [5, 5.41) is 0. The van der Waals surface area contributed by atoms with Gasteiger partial charge in [0.2, 0.25) is 0 Å². The van der Waals surface area contributed by atoms with Crippen LogP contribution in [0.1, 0.15) is 48.5 Å². The van der Waals surface area contributed by atoms with Crippen molar-refractivity contribution >= 4 is 9.04 Å². The molecule has 86 valence electrons. The third-order valence-corrected chi connectivity index (χ3v) is 6.25. The molecule has 0 rings (SSSR count). The number of rotatable bonds is 4. The zero-order chi connectivity index (χ0) is 11.4. The van der Waals surface area contributed by atoms with Crippen LogP contribution in [0.15, 0.2) is 0 Å². The van der Waals surface area contributed by atoms with Gasteiger partial charge < -0.3 is 4.43 Å². The monoisotopic (exact) mass is 216 g/mol. The second-order valence-corrected chi connectivity index (χ2v) is 9.00.